The van der Waals surface area contributed by atoms with Gasteiger partial charge in [-0.3, -0.25) is 9.69 Å². The van der Waals surface area contributed by atoms with Gasteiger partial charge in [0.15, 0.2) is 0 Å². The van der Waals surface area contributed by atoms with Crippen LogP contribution >= 0.6 is 11.3 Å². The molecule has 4 saturated carbocycles. The van der Waals surface area contributed by atoms with Gasteiger partial charge in [0.2, 0.25) is 5.78 Å². The van der Waals surface area contributed by atoms with Gasteiger partial charge < -0.3 is 20.1 Å². The lowest BCUT2D eigenvalue weighted by atomic mass is 9.45. The van der Waals surface area contributed by atoms with Crippen molar-refractivity contribution in [3.63, 3.8) is 0 Å². The number of aryl methyl sites for hydroxylation is 1. The molecule has 8 atom stereocenters. The topological polar surface area (TPSA) is 90.2 Å². The second kappa shape index (κ2) is 16.7. The minimum atomic E-state index is -1.04. The summed E-state index contributed by atoms with van der Waals surface area (Å²) in [4.78, 5) is 18.6. The fraction of sp³-hybridized carbons (Fsp3) is 0.604. The Morgan fingerprint density at radius 1 is 1.00 bits per heavy atom. The zero-order chi connectivity index (χ0) is 39.0. The van der Waals surface area contributed by atoms with Gasteiger partial charge in [-0.15, -0.1) is 11.3 Å². The molecular formula is C48H65NO5S. The van der Waals surface area contributed by atoms with E-state index in [0.29, 0.717) is 61.8 Å². The average Bonchev–Trinajstić information content (AvgIpc) is 3.70. The predicted octanol–water partition coefficient (Wildman–Crippen LogP) is 9.28. The summed E-state index contributed by atoms with van der Waals surface area (Å²) in [6.45, 7) is 13.8. The van der Waals surface area contributed by atoms with Gasteiger partial charge in [0.1, 0.15) is 0 Å². The lowest BCUT2D eigenvalue weighted by Gasteiger charge is -2.61. The fourth-order valence-corrected chi connectivity index (χ4v) is 12.0. The molecule has 2 aromatic carbocycles. The molecule has 0 aliphatic heterocycles. The zero-order valence-electron chi connectivity index (χ0n) is 33.9. The molecule has 4 fully saturated rings. The molecule has 0 saturated heterocycles. The normalized spacial score (nSPS) is 31.0. The summed E-state index contributed by atoms with van der Waals surface area (Å²) in [5, 5.41) is 35.8. The van der Waals surface area contributed by atoms with Crippen molar-refractivity contribution in [1.29, 1.82) is 0 Å². The van der Waals surface area contributed by atoms with Crippen LogP contribution in [0.5, 0.6) is 0 Å². The number of ether oxygens (including phenoxy) is 1. The number of hydrogen-bond acceptors (Lipinski definition) is 7. The van der Waals surface area contributed by atoms with Crippen LogP contribution in [0.25, 0.3) is 0 Å². The number of benzene rings is 2. The van der Waals surface area contributed by atoms with Crippen molar-refractivity contribution in [3.8, 4) is 0 Å². The number of hydrogen-bond donors (Lipinski definition) is 3. The molecule has 0 amide bonds. The Kier molecular flexibility index (Phi) is 12.3. The number of rotatable bonds is 12. The van der Waals surface area contributed by atoms with Crippen molar-refractivity contribution in [3.05, 3.63) is 104 Å². The molecule has 6 nitrogen and oxygen atoms in total. The molecule has 6 aliphatic carbocycles. The summed E-state index contributed by atoms with van der Waals surface area (Å²) in [5.74, 6) is 2.00. The maximum atomic E-state index is 14.4. The van der Waals surface area contributed by atoms with Crippen LogP contribution in [0.1, 0.15) is 128 Å². The van der Waals surface area contributed by atoms with Crippen molar-refractivity contribution in [2.75, 3.05) is 26.2 Å². The molecule has 0 spiro atoms. The number of thiophene rings is 1. The number of nitrogens with zero attached hydrogens (tertiary/aromatic N) is 1. The van der Waals surface area contributed by atoms with Crippen LogP contribution in [-0.4, -0.2) is 70.1 Å². The number of carbonyl (C=O) groups is 1. The average molecular weight is 768 g/mol. The van der Waals surface area contributed by atoms with Crippen molar-refractivity contribution in [2.24, 2.45) is 28.6 Å². The number of ketones is 1. The third kappa shape index (κ3) is 8.63. The van der Waals surface area contributed by atoms with Gasteiger partial charge in [0, 0.05) is 35.5 Å². The molecule has 0 radical (unpaired) electrons. The first-order valence-corrected chi connectivity index (χ1v) is 21.9. The van der Waals surface area contributed by atoms with Crippen LogP contribution in [-0.2, 0) is 17.8 Å². The summed E-state index contributed by atoms with van der Waals surface area (Å²) >= 11 is 1.53. The standard InChI is InChI=1S/C48H65NO5S/c1-32-10-9-22-47(5)42(40-19-15-35(24-38(50)18-13-32)25-41(40)45(52)44-20-14-33(2)55-44)21-23-48(47,53)31-49(27-36-16-17-37-26-43(36)46(37,3)4)28-39(51)30-54-29-34-11-7-6-8-12-34/h6-8,10-12,14-15,19-20,25,36-39,42-43,50-51,53H,9,13,16-18,21-24,26-31H2,1-5H3/t36-,37-,38-,39+,42-,43-,47-,48+/m0/s1. The third-order valence-corrected chi connectivity index (χ3v) is 15.7. The second-order valence-electron chi connectivity index (χ2n) is 18.7. The Bertz CT molecular complexity index is 1820. The van der Waals surface area contributed by atoms with E-state index >= 15 is 0 Å². The SMILES string of the molecule is CC1=CCC[C@@]2(C)[C@@H](CC[C@@]2(O)CN(C[C@@H](O)COCc2ccccc2)C[C@@H]2CC[C@H]3C[C@@H]2C3(C)C)c2ccc(cc2C(=O)c2ccc(C)s2)C[C@@H](O)CC1. The van der Waals surface area contributed by atoms with E-state index in [4.69, 9.17) is 4.74 Å². The second-order valence-corrected chi connectivity index (χ2v) is 20.0. The summed E-state index contributed by atoms with van der Waals surface area (Å²) in [6.07, 6.45) is 9.90. The Morgan fingerprint density at radius 2 is 1.80 bits per heavy atom. The van der Waals surface area contributed by atoms with Crippen LogP contribution in [0, 0.1) is 35.5 Å². The van der Waals surface area contributed by atoms with E-state index in [-0.39, 0.29) is 18.3 Å². The molecule has 1 heterocycles. The monoisotopic (exact) mass is 767 g/mol. The van der Waals surface area contributed by atoms with Crippen molar-refractivity contribution in [2.45, 2.75) is 129 Å². The molecule has 3 N–H and O–H groups in total. The van der Waals surface area contributed by atoms with Gasteiger partial charge in [0.25, 0.3) is 0 Å². The Labute approximate surface area is 334 Å². The van der Waals surface area contributed by atoms with Crippen molar-refractivity contribution < 1.29 is 24.9 Å². The highest BCUT2D eigenvalue weighted by Crippen LogP contribution is 2.62. The highest BCUT2D eigenvalue weighted by atomic mass is 32.1. The molecule has 3 aromatic rings. The Morgan fingerprint density at radius 3 is 2.53 bits per heavy atom. The van der Waals surface area contributed by atoms with Crippen LogP contribution in [0.3, 0.4) is 0 Å². The Hall–Kier alpha value is -2.65. The number of carbonyl (C=O) groups excluding carboxylic acids is 1. The Balaban J connectivity index is 1.20. The first-order chi connectivity index (χ1) is 26.3. The van der Waals surface area contributed by atoms with E-state index in [0.717, 1.165) is 64.6 Å². The zero-order valence-corrected chi connectivity index (χ0v) is 34.8. The molecule has 298 valence electrons. The molecule has 1 aromatic heterocycles. The molecule has 55 heavy (non-hydrogen) atoms. The number of allylic oxidation sites excluding steroid dienone is 2. The van der Waals surface area contributed by atoms with Crippen LogP contribution in [0.15, 0.2) is 72.3 Å². The van der Waals surface area contributed by atoms with E-state index < -0.39 is 23.2 Å². The highest BCUT2D eigenvalue weighted by Gasteiger charge is 2.58. The maximum absolute atomic E-state index is 14.4. The van der Waals surface area contributed by atoms with Crippen molar-refractivity contribution in [1.82, 2.24) is 4.90 Å². The first kappa shape index (κ1) is 40.5. The minimum Gasteiger partial charge on any atom is -0.393 e. The van der Waals surface area contributed by atoms with E-state index in [1.54, 1.807) is 0 Å². The minimum absolute atomic E-state index is 0.0315. The molecule has 9 rings (SSSR count). The summed E-state index contributed by atoms with van der Waals surface area (Å²) in [7, 11) is 0. The number of aliphatic hydroxyl groups is 3. The molecule has 0 unspecified atom stereocenters. The van der Waals surface area contributed by atoms with Crippen LogP contribution in [0.2, 0.25) is 0 Å². The van der Waals surface area contributed by atoms with Gasteiger partial charge in [-0.05, 0) is 142 Å². The lowest BCUT2D eigenvalue weighted by Crippen LogP contribution is -2.58. The molecular weight excluding hydrogens is 703 g/mol. The van der Waals surface area contributed by atoms with E-state index in [9.17, 15) is 20.1 Å². The number of aliphatic hydroxyl groups excluding tert-OH is 2. The lowest BCUT2D eigenvalue weighted by molar-refractivity contribution is -0.127. The van der Waals surface area contributed by atoms with E-state index in [2.05, 4.69) is 50.8 Å². The highest BCUT2D eigenvalue weighted by molar-refractivity contribution is 7.14. The van der Waals surface area contributed by atoms with Gasteiger partial charge in [-0.2, -0.15) is 0 Å². The van der Waals surface area contributed by atoms with Crippen LogP contribution in [0.4, 0.5) is 0 Å². The maximum Gasteiger partial charge on any atom is 0.203 e. The van der Waals surface area contributed by atoms with Gasteiger partial charge in [0.05, 0.1) is 35.9 Å². The molecule has 6 aliphatic rings. The molecule has 7 heteroatoms. The van der Waals surface area contributed by atoms with E-state index in [1.165, 1.54) is 36.2 Å². The summed E-state index contributed by atoms with van der Waals surface area (Å²) < 4.78 is 6.04. The van der Waals surface area contributed by atoms with Gasteiger partial charge in [-0.1, -0.05) is 74.9 Å². The molecule has 4 bridgehead atoms. The van der Waals surface area contributed by atoms with Crippen molar-refractivity contribution >= 4 is 17.1 Å². The predicted molar refractivity (Wildman–Crippen MR) is 223 cm³/mol. The smallest absolute Gasteiger partial charge is 0.203 e. The largest absolute Gasteiger partial charge is 0.393 e. The van der Waals surface area contributed by atoms with Crippen LogP contribution < -0.4 is 0 Å². The summed E-state index contributed by atoms with van der Waals surface area (Å²) in [6, 6.07) is 20.3. The van der Waals surface area contributed by atoms with E-state index in [1.807, 2.05) is 55.5 Å². The third-order valence-electron chi connectivity index (χ3n) is 14.8. The quantitative estimate of drug-likeness (QED) is 0.126. The van der Waals surface area contributed by atoms with Gasteiger partial charge in [-0.25, -0.2) is 0 Å². The van der Waals surface area contributed by atoms with Gasteiger partial charge >= 0.3 is 0 Å². The number of fused-ring (bicyclic) bond motifs is 10. The fourth-order valence-electron chi connectivity index (χ4n) is 11.2. The first-order valence-electron chi connectivity index (χ1n) is 21.1. The summed E-state index contributed by atoms with van der Waals surface area (Å²) in [5.41, 5.74) is 3.83.